The zero-order chi connectivity index (χ0) is 19.6. The number of hydrogen-bond acceptors (Lipinski definition) is 5. The van der Waals surface area contributed by atoms with E-state index in [1.807, 2.05) is 19.1 Å². The maximum Gasteiger partial charge on any atom is 0.309 e. The fourth-order valence-corrected chi connectivity index (χ4v) is 3.66. The van der Waals surface area contributed by atoms with Gasteiger partial charge in [-0.1, -0.05) is 13.8 Å². The van der Waals surface area contributed by atoms with Crippen LogP contribution in [0.1, 0.15) is 45.4 Å². The lowest BCUT2D eigenvalue weighted by Gasteiger charge is -2.35. The first kappa shape index (κ1) is 21.3. The fourth-order valence-electron chi connectivity index (χ4n) is 3.66. The van der Waals surface area contributed by atoms with Crippen molar-refractivity contribution < 1.29 is 13.9 Å². The Kier molecular flexibility index (Phi) is 8.64. The summed E-state index contributed by atoms with van der Waals surface area (Å²) in [6.07, 6.45) is 3.33. The number of carbonyl (C=O) groups excluding carboxylic acids is 1. The highest BCUT2D eigenvalue weighted by Crippen LogP contribution is 2.21. The highest BCUT2D eigenvalue weighted by molar-refractivity contribution is 5.80. The molecule has 1 saturated heterocycles. The van der Waals surface area contributed by atoms with E-state index in [4.69, 9.17) is 9.15 Å². The average molecular weight is 379 g/mol. The second-order valence-electron chi connectivity index (χ2n) is 6.69. The minimum Gasteiger partial charge on any atom is -0.468 e. The Labute approximate surface area is 162 Å². The van der Waals surface area contributed by atoms with Crippen molar-refractivity contribution in [3.63, 3.8) is 0 Å². The number of guanidine groups is 1. The molecule has 0 bridgehead atoms. The van der Waals surface area contributed by atoms with Crippen molar-refractivity contribution in [3.8, 4) is 0 Å². The number of likely N-dealkylation sites (tertiary alicyclic amines) is 1. The highest BCUT2D eigenvalue weighted by atomic mass is 16.5. The van der Waals surface area contributed by atoms with Crippen molar-refractivity contribution in [1.82, 2.24) is 15.1 Å². The number of furan rings is 1. The molecule has 0 aromatic carbocycles. The van der Waals surface area contributed by atoms with Gasteiger partial charge in [-0.3, -0.25) is 14.7 Å². The van der Waals surface area contributed by atoms with Crippen LogP contribution < -0.4 is 5.32 Å². The number of carbonyl (C=O) groups is 1. The van der Waals surface area contributed by atoms with Crippen LogP contribution in [-0.2, 0) is 9.53 Å². The molecule has 0 spiro atoms. The Morgan fingerprint density at radius 3 is 2.59 bits per heavy atom. The van der Waals surface area contributed by atoms with Crippen LogP contribution in [0, 0.1) is 5.92 Å². The smallest absolute Gasteiger partial charge is 0.309 e. The summed E-state index contributed by atoms with van der Waals surface area (Å²) < 4.78 is 10.8. The minimum absolute atomic E-state index is 0.00541. The Balaban J connectivity index is 1.93. The van der Waals surface area contributed by atoms with Crippen LogP contribution in [0.25, 0.3) is 0 Å². The molecule has 1 fully saturated rings. The van der Waals surface area contributed by atoms with Gasteiger partial charge in [0.2, 0.25) is 0 Å². The third-order valence-electron chi connectivity index (χ3n) is 5.20. The number of rotatable bonds is 8. The molecule has 0 amide bonds. The van der Waals surface area contributed by atoms with E-state index in [0.717, 1.165) is 57.3 Å². The number of nitrogens with one attached hydrogen (secondary N) is 1. The zero-order valence-corrected chi connectivity index (χ0v) is 17.1. The number of ether oxygens (including phenoxy) is 1. The Bertz CT molecular complexity index is 576. The summed E-state index contributed by atoms with van der Waals surface area (Å²) >= 11 is 0. The molecule has 1 atom stereocenters. The van der Waals surface area contributed by atoms with Gasteiger partial charge in [0.15, 0.2) is 5.96 Å². The Hall–Kier alpha value is -2.02. The van der Waals surface area contributed by atoms with Crippen molar-refractivity contribution in [1.29, 1.82) is 0 Å². The summed E-state index contributed by atoms with van der Waals surface area (Å²) in [4.78, 5) is 21.0. The summed E-state index contributed by atoms with van der Waals surface area (Å²) in [5, 5.41) is 3.50. The van der Waals surface area contributed by atoms with Crippen LogP contribution in [-0.4, -0.2) is 68.1 Å². The van der Waals surface area contributed by atoms with E-state index in [1.165, 1.54) is 0 Å². The molecule has 1 unspecified atom stereocenters. The normalized spacial score (nSPS) is 17.2. The molecule has 1 N–H and O–H groups in total. The molecule has 1 aliphatic heterocycles. The van der Waals surface area contributed by atoms with Crippen LogP contribution in [0.5, 0.6) is 0 Å². The Morgan fingerprint density at radius 2 is 2.07 bits per heavy atom. The molecular formula is C20H34N4O3. The van der Waals surface area contributed by atoms with Crippen LogP contribution in [0.4, 0.5) is 0 Å². The maximum atomic E-state index is 11.9. The van der Waals surface area contributed by atoms with E-state index in [2.05, 4.69) is 34.0 Å². The molecular weight excluding hydrogens is 344 g/mol. The van der Waals surface area contributed by atoms with Crippen LogP contribution >= 0.6 is 0 Å². The number of likely N-dealkylation sites (N-methyl/N-ethyl adjacent to an activating group) is 1. The summed E-state index contributed by atoms with van der Waals surface area (Å²) in [7, 11) is 1.80. The van der Waals surface area contributed by atoms with Crippen LogP contribution in [0.3, 0.4) is 0 Å². The van der Waals surface area contributed by atoms with E-state index < -0.39 is 0 Å². The van der Waals surface area contributed by atoms with E-state index in [-0.39, 0.29) is 17.9 Å². The van der Waals surface area contributed by atoms with Crippen molar-refractivity contribution in [2.75, 3.05) is 46.4 Å². The van der Waals surface area contributed by atoms with Crippen molar-refractivity contribution in [2.24, 2.45) is 10.9 Å². The summed E-state index contributed by atoms with van der Waals surface area (Å²) in [5.41, 5.74) is 0. The average Bonchev–Trinajstić information content (AvgIpc) is 3.23. The summed E-state index contributed by atoms with van der Waals surface area (Å²) in [5.74, 6) is 1.77. The molecule has 7 heteroatoms. The van der Waals surface area contributed by atoms with Gasteiger partial charge in [0.1, 0.15) is 5.76 Å². The van der Waals surface area contributed by atoms with E-state index in [0.29, 0.717) is 6.61 Å². The molecule has 27 heavy (non-hydrogen) atoms. The SMILES string of the molecule is CCOC(=O)C1CCN(C(=NC)NCC(c2ccco2)N(CC)CC)CC1. The van der Waals surface area contributed by atoms with Crippen molar-refractivity contribution in [2.45, 2.75) is 39.7 Å². The molecule has 0 radical (unpaired) electrons. The van der Waals surface area contributed by atoms with Gasteiger partial charge in [-0.05, 0) is 45.0 Å². The first-order valence-corrected chi connectivity index (χ1v) is 10.0. The van der Waals surface area contributed by atoms with Gasteiger partial charge in [0.05, 0.1) is 24.8 Å². The number of aliphatic imine (C=N–C) groups is 1. The molecule has 1 aliphatic rings. The first-order chi connectivity index (χ1) is 13.1. The number of piperidine rings is 1. The van der Waals surface area contributed by atoms with E-state index in [1.54, 1.807) is 13.3 Å². The lowest BCUT2D eigenvalue weighted by atomic mass is 9.97. The van der Waals surface area contributed by atoms with Crippen molar-refractivity contribution in [3.05, 3.63) is 24.2 Å². The van der Waals surface area contributed by atoms with Crippen LogP contribution in [0.15, 0.2) is 27.8 Å². The summed E-state index contributed by atoms with van der Waals surface area (Å²) in [6.45, 7) is 10.9. The number of esters is 1. The molecule has 0 aliphatic carbocycles. The largest absolute Gasteiger partial charge is 0.468 e. The third kappa shape index (κ3) is 5.73. The Morgan fingerprint density at radius 1 is 1.37 bits per heavy atom. The van der Waals surface area contributed by atoms with Gasteiger partial charge in [-0.2, -0.15) is 0 Å². The molecule has 2 heterocycles. The lowest BCUT2D eigenvalue weighted by molar-refractivity contribution is -0.149. The lowest BCUT2D eigenvalue weighted by Crippen LogP contribution is -2.48. The predicted octanol–water partition coefficient (Wildman–Crippen LogP) is 2.51. The highest BCUT2D eigenvalue weighted by Gasteiger charge is 2.28. The van der Waals surface area contributed by atoms with Gasteiger partial charge in [-0.15, -0.1) is 0 Å². The topological polar surface area (TPSA) is 70.3 Å². The second-order valence-corrected chi connectivity index (χ2v) is 6.69. The molecule has 1 aromatic heterocycles. The minimum atomic E-state index is -0.0699. The van der Waals surface area contributed by atoms with Gasteiger partial charge in [-0.25, -0.2) is 0 Å². The number of nitrogens with zero attached hydrogens (tertiary/aromatic N) is 3. The summed E-state index contributed by atoms with van der Waals surface area (Å²) in [6, 6.07) is 4.11. The molecule has 2 rings (SSSR count). The van der Waals surface area contributed by atoms with Gasteiger partial charge in [0, 0.05) is 26.7 Å². The molecule has 152 valence electrons. The van der Waals surface area contributed by atoms with Gasteiger partial charge < -0.3 is 19.4 Å². The molecule has 7 nitrogen and oxygen atoms in total. The van der Waals surface area contributed by atoms with Gasteiger partial charge >= 0.3 is 5.97 Å². The van der Waals surface area contributed by atoms with Crippen LogP contribution in [0.2, 0.25) is 0 Å². The molecule has 0 saturated carbocycles. The predicted molar refractivity (Wildman–Crippen MR) is 107 cm³/mol. The fraction of sp³-hybridized carbons (Fsp3) is 0.700. The monoisotopic (exact) mass is 378 g/mol. The quantitative estimate of drug-likeness (QED) is 0.426. The van der Waals surface area contributed by atoms with Gasteiger partial charge in [0.25, 0.3) is 0 Å². The second kappa shape index (κ2) is 11.0. The zero-order valence-electron chi connectivity index (χ0n) is 17.1. The first-order valence-electron chi connectivity index (χ1n) is 10.0. The van der Waals surface area contributed by atoms with E-state index in [9.17, 15) is 4.79 Å². The maximum absolute atomic E-state index is 11.9. The molecule has 1 aromatic rings. The van der Waals surface area contributed by atoms with E-state index >= 15 is 0 Å². The van der Waals surface area contributed by atoms with Crippen molar-refractivity contribution >= 4 is 11.9 Å². The third-order valence-corrected chi connectivity index (χ3v) is 5.20. The standard InChI is InChI=1S/C20H34N4O3/c1-5-23(6-2)17(18-9-8-14-27-18)15-22-20(21-4)24-12-10-16(11-13-24)19(25)26-7-3/h8-9,14,16-17H,5-7,10-13,15H2,1-4H3,(H,21,22). The number of hydrogen-bond donors (Lipinski definition) is 1.